The van der Waals surface area contributed by atoms with Crippen LogP contribution in [0.15, 0.2) is 42.5 Å². The topological polar surface area (TPSA) is 75.6 Å². The normalized spacial score (nSPS) is 11.6. The summed E-state index contributed by atoms with van der Waals surface area (Å²) in [5.74, 6) is -0.342. The highest BCUT2D eigenvalue weighted by atomic mass is 16.5. The van der Waals surface area contributed by atoms with E-state index in [1.165, 1.54) is 6.07 Å². The number of anilines is 1. The van der Waals surface area contributed by atoms with Crippen LogP contribution in [0.25, 0.3) is 0 Å². The Morgan fingerprint density at radius 1 is 1.21 bits per heavy atom. The third kappa shape index (κ3) is 4.13. The molecule has 0 spiro atoms. The Hall–Kier alpha value is -2.82. The minimum atomic E-state index is -0.977. The van der Waals surface area contributed by atoms with Crippen molar-refractivity contribution in [2.75, 3.05) is 12.4 Å². The quantitative estimate of drug-likeness (QED) is 0.845. The lowest BCUT2D eigenvalue weighted by atomic mass is 9.96. The Labute approximate surface area is 141 Å². The highest BCUT2D eigenvalue weighted by molar-refractivity contribution is 5.93. The summed E-state index contributed by atoms with van der Waals surface area (Å²) in [5.41, 5.74) is 2.41. The van der Waals surface area contributed by atoms with Gasteiger partial charge in [0.2, 0.25) is 5.91 Å². The van der Waals surface area contributed by atoms with E-state index in [1.54, 1.807) is 26.2 Å². The molecule has 2 rings (SSSR count). The number of amides is 1. The fourth-order valence-electron chi connectivity index (χ4n) is 2.65. The second kappa shape index (κ2) is 7.64. The number of carboxylic acid groups (broad SMARTS) is 1. The van der Waals surface area contributed by atoms with Crippen molar-refractivity contribution in [3.8, 4) is 5.75 Å². The van der Waals surface area contributed by atoms with Crippen LogP contribution in [0.5, 0.6) is 5.75 Å². The molecule has 5 heteroatoms. The molecular formula is C19H21NO4. The molecule has 126 valence electrons. The Kier molecular flexibility index (Phi) is 5.58. The summed E-state index contributed by atoms with van der Waals surface area (Å²) in [4.78, 5) is 23.3. The summed E-state index contributed by atoms with van der Waals surface area (Å²) >= 11 is 0. The number of para-hydroxylation sites is 1. The van der Waals surface area contributed by atoms with E-state index in [0.717, 1.165) is 11.3 Å². The fraction of sp³-hybridized carbons (Fsp3) is 0.263. The number of aryl methyl sites for hydroxylation is 1. The van der Waals surface area contributed by atoms with Crippen LogP contribution in [0.4, 0.5) is 5.69 Å². The van der Waals surface area contributed by atoms with Gasteiger partial charge < -0.3 is 15.2 Å². The van der Waals surface area contributed by atoms with Gasteiger partial charge in [-0.1, -0.05) is 25.1 Å². The number of carboxylic acids is 1. The molecule has 0 fully saturated rings. The molecule has 0 aromatic heterocycles. The first-order valence-corrected chi connectivity index (χ1v) is 7.69. The zero-order valence-electron chi connectivity index (χ0n) is 14.0. The Morgan fingerprint density at radius 2 is 1.92 bits per heavy atom. The molecule has 5 nitrogen and oxygen atoms in total. The van der Waals surface area contributed by atoms with E-state index in [4.69, 9.17) is 9.84 Å². The smallest absolute Gasteiger partial charge is 0.335 e. The molecule has 1 atom stereocenters. The maximum absolute atomic E-state index is 12.3. The van der Waals surface area contributed by atoms with Gasteiger partial charge in [0.15, 0.2) is 0 Å². The van der Waals surface area contributed by atoms with Crippen LogP contribution in [0.1, 0.15) is 40.7 Å². The van der Waals surface area contributed by atoms with Gasteiger partial charge in [-0.2, -0.15) is 0 Å². The number of hydrogen-bond donors (Lipinski definition) is 2. The second-order valence-corrected chi connectivity index (χ2v) is 5.73. The van der Waals surface area contributed by atoms with Crippen LogP contribution >= 0.6 is 0 Å². The van der Waals surface area contributed by atoms with Crippen molar-refractivity contribution >= 4 is 17.6 Å². The number of carbonyl (C=O) groups is 2. The predicted molar refractivity (Wildman–Crippen MR) is 92.8 cm³/mol. The number of rotatable bonds is 6. The van der Waals surface area contributed by atoms with Gasteiger partial charge in [-0.05, 0) is 48.2 Å². The van der Waals surface area contributed by atoms with Gasteiger partial charge in [0.05, 0.1) is 12.7 Å². The molecule has 1 unspecified atom stereocenters. The monoisotopic (exact) mass is 327 g/mol. The number of aromatic carboxylic acids is 1. The Balaban J connectivity index is 2.05. The largest absolute Gasteiger partial charge is 0.496 e. The van der Waals surface area contributed by atoms with Crippen LogP contribution in [-0.4, -0.2) is 24.1 Å². The van der Waals surface area contributed by atoms with Gasteiger partial charge >= 0.3 is 5.97 Å². The molecule has 2 aromatic carbocycles. The minimum absolute atomic E-state index is 0.000500. The van der Waals surface area contributed by atoms with E-state index in [-0.39, 0.29) is 17.4 Å². The van der Waals surface area contributed by atoms with E-state index >= 15 is 0 Å². The first kappa shape index (κ1) is 17.5. The molecule has 0 aliphatic rings. The summed E-state index contributed by atoms with van der Waals surface area (Å²) in [6.45, 7) is 3.67. The van der Waals surface area contributed by atoms with Crippen molar-refractivity contribution in [3.63, 3.8) is 0 Å². The van der Waals surface area contributed by atoms with Gasteiger partial charge in [0, 0.05) is 12.1 Å². The van der Waals surface area contributed by atoms with Crippen molar-refractivity contribution in [3.05, 3.63) is 59.2 Å². The molecular weight excluding hydrogens is 306 g/mol. The van der Waals surface area contributed by atoms with Crippen LogP contribution in [0.2, 0.25) is 0 Å². The molecule has 0 bridgehead atoms. The summed E-state index contributed by atoms with van der Waals surface area (Å²) in [7, 11) is 1.61. The molecule has 0 aliphatic carbocycles. The van der Waals surface area contributed by atoms with Gasteiger partial charge in [0.25, 0.3) is 0 Å². The first-order chi connectivity index (χ1) is 11.4. The third-order valence-electron chi connectivity index (χ3n) is 3.90. The highest BCUT2D eigenvalue weighted by Gasteiger charge is 2.15. The van der Waals surface area contributed by atoms with Crippen LogP contribution in [0, 0.1) is 6.92 Å². The van der Waals surface area contributed by atoms with E-state index in [9.17, 15) is 9.59 Å². The highest BCUT2D eigenvalue weighted by Crippen LogP contribution is 2.28. The van der Waals surface area contributed by atoms with E-state index in [0.29, 0.717) is 17.7 Å². The zero-order valence-corrected chi connectivity index (χ0v) is 14.0. The van der Waals surface area contributed by atoms with Gasteiger partial charge in [0.1, 0.15) is 5.75 Å². The lowest BCUT2D eigenvalue weighted by Crippen LogP contribution is -2.15. The first-order valence-electron chi connectivity index (χ1n) is 7.69. The van der Waals surface area contributed by atoms with Crippen molar-refractivity contribution in [2.24, 2.45) is 0 Å². The van der Waals surface area contributed by atoms with Crippen LogP contribution in [0.3, 0.4) is 0 Å². The summed E-state index contributed by atoms with van der Waals surface area (Å²) in [6.07, 6.45) is 0.306. The maximum atomic E-state index is 12.3. The fourth-order valence-corrected chi connectivity index (χ4v) is 2.65. The molecule has 2 N–H and O–H groups in total. The van der Waals surface area contributed by atoms with Crippen molar-refractivity contribution < 1.29 is 19.4 Å². The molecule has 0 saturated carbocycles. The molecule has 0 heterocycles. The molecule has 0 radical (unpaired) electrons. The Bertz CT molecular complexity index is 755. The SMILES string of the molecule is COc1ccccc1C(C)CC(=O)Nc1ccc(C(=O)O)c(C)c1. The second-order valence-electron chi connectivity index (χ2n) is 5.73. The predicted octanol–water partition coefficient (Wildman–Crippen LogP) is 3.83. The van der Waals surface area contributed by atoms with Crippen molar-refractivity contribution in [2.45, 2.75) is 26.2 Å². The summed E-state index contributed by atoms with van der Waals surface area (Å²) < 4.78 is 5.33. The standard InChI is InChI=1S/C19H21NO4/c1-12-10-14(8-9-16(12)19(22)23)20-18(21)11-13(2)15-6-4-5-7-17(15)24-3/h4-10,13H,11H2,1-3H3,(H,20,21)(H,22,23). The number of methoxy groups -OCH3 is 1. The zero-order chi connectivity index (χ0) is 17.7. The number of carbonyl (C=O) groups excluding carboxylic acids is 1. The van der Waals surface area contributed by atoms with E-state index in [1.807, 2.05) is 31.2 Å². The average Bonchev–Trinajstić information content (AvgIpc) is 2.54. The van der Waals surface area contributed by atoms with Gasteiger partial charge in [-0.3, -0.25) is 4.79 Å². The number of benzene rings is 2. The van der Waals surface area contributed by atoms with Gasteiger partial charge in [-0.15, -0.1) is 0 Å². The van der Waals surface area contributed by atoms with Crippen LogP contribution in [-0.2, 0) is 4.79 Å². The van der Waals surface area contributed by atoms with Crippen molar-refractivity contribution in [1.29, 1.82) is 0 Å². The van der Waals surface area contributed by atoms with Crippen LogP contribution < -0.4 is 10.1 Å². The molecule has 2 aromatic rings. The molecule has 1 amide bonds. The summed E-state index contributed by atoms with van der Waals surface area (Å²) in [5, 5.41) is 11.8. The molecule has 24 heavy (non-hydrogen) atoms. The lowest BCUT2D eigenvalue weighted by molar-refractivity contribution is -0.116. The number of hydrogen-bond acceptors (Lipinski definition) is 3. The van der Waals surface area contributed by atoms with Gasteiger partial charge in [-0.25, -0.2) is 4.79 Å². The van der Waals surface area contributed by atoms with E-state index in [2.05, 4.69) is 5.32 Å². The van der Waals surface area contributed by atoms with Crippen molar-refractivity contribution in [1.82, 2.24) is 0 Å². The average molecular weight is 327 g/mol. The Morgan fingerprint density at radius 3 is 2.54 bits per heavy atom. The minimum Gasteiger partial charge on any atom is -0.496 e. The number of ether oxygens (including phenoxy) is 1. The lowest BCUT2D eigenvalue weighted by Gasteiger charge is -2.15. The molecule has 0 saturated heterocycles. The van der Waals surface area contributed by atoms with E-state index < -0.39 is 5.97 Å². The third-order valence-corrected chi connectivity index (χ3v) is 3.90. The summed E-state index contributed by atoms with van der Waals surface area (Å²) in [6, 6.07) is 12.4. The number of nitrogens with one attached hydrogen (secondary N) is 1. The maximum Gasteiger partial charge on any atom is 0.335 e. The molecule has 0 aliphatic heterocycles.